The summed E-state index contributed by atoms with van der Waals surface area (Å²) in [4.78, 5) is 58.8. The highest BCUT2D eigenvalue weighted by Crippen LogP contribution is 2.69. The lowest BCUT2D eigenvalue weighted by atomic mass is 9.44. The van der Waals surface area contributed by atoms with Crippen LogP contribution in [0.5, 0.6) is 0 Å². The predicted molar refractivity (Wildman–Crippen MR) is 149 cm³/mol. The van der Waals surface area contributed by atoms with E-state index < -0.39 is 100 Å². The summed E-state index contributed by atoms with van der Waals surface area (Å²) in [6, 6.07) is 0. The molecule has 0 heterocycles. The summed E-state index contributed by atoms with van der Waals surface area (Å²) in [7, 11) is 0. The van der Waals surface area contributed by atoms with Gasteiger partial charge < -0.3 is 25.4 Å². The number of alkyl halides is 1. The van der Waals surface area contributed by atoms with E-state index in [2.05, 4.69) is 15.0 Å². The molecule has 4 rings (SSSR count). The Hall–Kier alpha value is -2.75. The van der Waals surface area contributed by atoms with Crippen molar-refractivity contribution in [3.8, 4) is 0 Å². The van der Waals surface area contributed by atoms with E-state index >= 15 is 4.39 Å². The Labute approximate surface area is 268 Å². The number of esters is 1. The lowest BCUT2D eigenvalue weighted by Crippen LogP contribution is -2.69. The Bertz CT molecular complexity index is 1300. The molecule has 8 N–H and O–H groups in total. The molecule has 47 heavy (non-hydrogen) atoms. The van der Waals surface area contributed by atoms with Gasteiger partial charge in [-0.3, -0.25) is 40.0 Å². The first-order chi connectivity index (χ1) is 21.9. The Morgan fingerprint density at radius 3 is 2.47 bits per heavy atom. The number of Topliss-reactive ketones (excluding diaryl/α,β-unsaturated/α-hetero) is 1. The second kappa shape index (κ2) is 14.0. The molecule has 0 aromatic heterocycles. The minimum Gasteiger partial charge on any atom is -0.456 e. The van der Waals surface area contributed by atoms with Gasteiger partial charge in [0, 0.05) is 23.2 Å². The third-order valence-electron chi connectivity index (χ3n) is 10.6. The molecule has 264 valence electrons. The maximum Gasteiger partial charge on any atom is 0.325 e. The summed E-state index contributed by atoms with van der Waals surface area (Å²) < 4.78 is 22.2. The zero-order chi connectivity index (χ0) is 34.9. The first-order valence-electron chi connectivity index (χ1n) is 15.2. The van der Waals surface area contributed by atoms with Crippen molar-refractivity contribution >= 4 is 23.4 Å². The zero-order valence-electron chi connectivity index (χ0n) is 26.0. The molecule has 0 spiro atoms. The van der Waals surface area contributed by atoms with Gasteiger partial charge in [0.25, 0.3) is 0 Å². The van der Waals surface area contributed by atoms with E-state index in [4.69, 9.17) is 25.6 Å². The predicted octanol–water partition coefficient (Wildman–Crippen LogP) is -0.149. The van der Waals surface area contributed by atoms with Crippen molar-refractivity contribution in [2.75, 3.05) is 19.8 Å². The van der Waals surface area contributed by atoms with Crippen LogP contribution in [0.25, 0.3) is 0 Å². The van der Waals surface area contributed by atoms with Gasteiger partial charge in [-0.15, -0.1) is 0 Å². The number of carbonyl (C=O) groups excluding carboxylic acids is 4. The normalized spacial score (nSPS) is 36.8. The van der Waals surface area contributed by atoms with Gasteiger partial charge in [-0.2, -0.15) is 0 Å². The third-order valence-corrected chi connectivity index (χ3v) is 10.6. The first kappa shape index (κ1) is 37.1. The third kappa shape index (κ3) is 6.77. The van der Waals surface area contributed by atoms with Crippen LogP contribution < -0.4 is 5.32 Å². The van der Waals surface area contributed by atoms with E-state index in [1.54, 1.807) is 6.92 Å². The number of halogens is 1. The molecule has 3 fully saturated rings. The van der Waals surface area contributed by atoms with Gasteiger partial charge in [-0.25, -0.2) is 14.1 Å². The molecular weight excluding hydrogens is 633 g/mol. The molecule has 0 radical (unpaired) electrons. The Morgan fingerprint density at radius 1 is 1.11 bits per heavy atom. The number of rotatable bonds is 14. The number of ketones is 2. The SMILES string of the molecule is C[C@]12C=CC(=O)C=C1CC[C@H]1[C@@H]3C[C@@H](O)[C@](O)(C(=O)COC(=O)CNC(=O)CCCC(CON(O)O)ON(O)O)[C@@]3(C)C[C@H](O)[C@@]12F. The highest BCUT2D eigenvalue weighted by Gasteiger charge is 2.76. The molecule has 18 heteroatoms. The van der Waals surface area contributed by atoms with Gasteiger partial charge >= 0.3 is 5.97 Å². The lowest BCUT2D eigenvalue weighted by molar-refractivity contribution is -0.527. The Kier molecular flexibility index (Phi) is 11.0. The zero-order valence-corrected chi connectivity index (χ0v) is 26.0. The van der Waals surface area contributed by atoms with Crippen LogP contribution in [0.1, 0.15) is 58.8 Å². The van der Waals surface area contributed by atoms with Crippen molar-refractivity contribution < 1.29 is 74.1 Å². The highest BCUT2D eigenvalue weighted by molar-refractivity contribution is 6.01. The van der Waals surface area contributed by atoms with Crippen LogP contribution in [0.15, 0.2) is 23.8 Å². The maximum atomic E-state index is 17.2. The topological polar surface area (TPSA) is 256 Å². The summed E-state index contributed by atoms with van der Waals surface area (Å²) in [6.07, 6.45) is -0.393. The van der Waals surface area contributed by atoms with Gasteiger partial charge in [0.05, 0.1) is 23.0 Å². The molecule has 17 nitrogen and oxygen atoms in total. The molecule has 3 saturated carbocycles. The number of aliphatic hydroxyl groups excluding tert-OH is 2. The number of aliphatic hydroxyl groups is 3. The molecule has 0 aliphatic heterocycles. The number of nitrogens with one attached hydrogen (secondary N) is 1. The largest absolute Gasteiger partial charge is 0.456 e. The lowest BCUT2D eigenvalue weighted by Gasteiger charge is -2.62. The standard InChI is InChI=1S/C29H42FN3O14/c1-26-9-8-17(34)10-16(26)6-7-19-20-11-21(35)29(40,27(20,2)12-22(36)28(19,26)30)23(37)15-45-25(39)13-31-24(38)5-3-4-18(47-33(43)44)14-46-32(41)42/h8-10,18-22,35-36,40-44H,3-7,11-15H2,1-2H3,(H,31,38)/t18?,19-,20-,21+,22-,26-,27-,28-,29-/m0/s1. The van der Waals surface area contributed by atoms with E-state index in [0.717, 1.165) is 0 Å². The molecule has 1 unspecified atom stereocenters. The molecule has 4 aliphatic rings. The van der Waals surface area contributed by atoms with Crippen LogP contribution in [-0.4, -0.2) is 120 Å². The highest BCUT2D eigenvalue weighted by atomic mass is 19.1. The fourth-order valence-corrected chi connectivity index (χ4v) is 8.24. The summed E-state index contributed by atoms with van der Waals surface area (Å²) in [5, 5.41) is 70.0. The van der Waals surface area contributed by atoms with Gasteiger partial charge in [-0.05, 0) is 63.5 Å². The van der Waals surface area contributed by atoms with Gasteiger partial charge in [-0.1, -0.05) is 18.6 Å². The Morgan fingerprint density at radius 2 is 1.81 bits per heavy atom. The maximum absolute atomic E-state index is 17.2. The van der Waals surface area contributed by atoms with Crippen molar-refractivity contribution in [1.82, 2.24) is 16.1 Å². The average molecular weight is 676 g/mol. The molecule has 0 aromatic carbocycles. The number of allylic oxidation sites excluding steroid dienone is 4. The van der Waals surface area contributed by atoms with Gasteiger partial charge in [0.2, 0.25) is 11.7 Å². The summed E-state index contributed by atoms with van der Waals surface area (Å²) >= 11 is 0. The number of ether oxygens (including phenoxy) is 1. The molecule has 0 aromatic rings. The van der Waals surface area contributed by atoms with Crippen molar-refractivity contribution in [3.05, 3.63) is 23.8 Å². The average Bonchev–Trinajstić information content (AvgIpc) is 3.19. The number of hydrogen-bond donors (Lipinski definition) is 8. The minimum absolute atomic E-state index is 0.0228. The van der Waals surface area contributed by atoms with E-state index in [1.807, 2.05) is 0 Å². The summed E-state index contributed by atoms with van der Waals surface area (Å²) in [6.45, 7) is 0.974. The van der Waals surface area contributed by atoms with E-state index in [0.29, 0.717) is 12.0 Å². The Balaban J connectivity index is 1.33. The van der Waals surface area contributed by atoms with Gasteiger partial charge in [0.1, 0.15) is 19.3 Å². The second-order valence-corrected chi connectivity index (χ2v) is 13.1. The summed E-state index contributed by atoms with van der Waals surface area (Å²) in [5.74, 6) is -4.59. The van der Waals surface area contributed by atoms with E-state index in [-0.39, 0.29) is 44.3 Å². The van der Waals surface area contributed by atoms with Crippen molar-refractivity contribution in [3.63, 3.8) is 0 Å². The second-order valence-electron chi connectivity index (χ2n) is 13.1. The van der Waals surface area contributed by atoms with Crippen molar-refractivity contribution in [2.24, 2.45) is 22.7 Å². The monoisotopic (exact) mass is 675 g/mol. The van der Waals surface area contributed by atoms with Crippen LogP contribution in [0.3, 0.4) is 0 Å². The molecule has 0 saturated heterocycles. The fraction of sp³-hybridized carbons (Fsp3) is 0.724. The number of hydrogen-bond acceptors (Lipinski definition) is 16. The number of carbonyl (C=O) groups is 4. The van der Waals surface area contributed by atoms with Crippen molar-refractivity contribution in [2.45, 2.75) is 88.4 Å². The van der Waals surface area contributed by atoms with Crippen LogP contribution in [-0.2, 0) is 33.6 Å². The molecule has 4 aliphatic carbocycles. The van der Waals surface area contributed by atoms with E-state index in [1.165, 1.54) is 25.2 Å². The number of nitrogens with zero attached hydrogens (tertiary/aromatic N) is 2. The minimum atomic E-state index is -2.48. The van der Waals surface area contributed by atoms with Crippen LogP contribution in [0, 0.1) is 22.7 Å². The molecular formula is C29H42FN3O14. The summed E-state index contributed by atoms with van der Waals surface area (Å²) in [5.41, 5.74) is -6.95. The quantitative estimate of drug-likeness (QED) is 0.0880. The van der Waals surface area contributed by atoms with Gasteiger partial charge in [0.15, 0.2) is 23.7 Å². The fourth-order valence-electron chi connectivity index (χ4n) is 8.24. The molecule has 9 atom stereocenters. The molecule has 1 amide bonds. The molecule has 0 bridgehead atoms. The van der Waals surface area contributed by atoms with Crippen LogP contribution in [0.2, 0.25) is 0 Å². The number of amides is 1. The van der Waals surface area contributed by atoms with Crippen molar-refractivity contribution in [1.29, 1.82) is 0 Å². The number of fused-ring (bicyclic) bond motifs is 5. The van der Waals surface area contributed by atoms with Crippen LogP contribution >= 0.6 is 0 Å². The smallest absolute Gasteiger partial charge is 0.325 e. The first-order valence-corrected chi connectivity index (χ1v) is 15.2. The van der Waals surface area contributed by atoms with E-state index in [9.17, 15) is 34.5 Å². The van der Waals surface area contributed by atoms with Crippen LogP contribution in [0.4, 0.5) is 4.39 Å².